The Morgan fingerprint density at radius 3 is 2.55 bits per heavy atom. The zero-order valence-electron chi connectivity index (χ0n) is 17.3. The Balaban J connectivity index is 1.14. The molecule has 0 unspecified atom stereocenters. The molecule has 2 aromatic rings. The van der Waals surface area contributed by atoms with Crippen LogP contribution in [0.25, 0.3) is 0 Å². The van der Waals surface area contributed by atoms with Crippen molar-refractivity contribution >= 4 is 23.5 Å². The highest BCUT2D eigenvalue weighted by Gasteiger charge is 2.36. The number of piperidine rings is 1. The van der Waals surface area contributed by atoms with Crippen LogP contribution in [0.15, 0.2) is 30.6 Å². The van der Waals surface area contributed by atoms with Gasteiger partial charge >= 0.3 is 5.97 Å². The molecule has 8 heteroatoms. The van der Waals surface area contributed by atoms with Gasteiger partial charge in [0.1, 0.15) is 11.6 Å². The second-order valence-electron chi connectivity index (χ2n) is 8.58. The third-order valence-corrected chi connectivity index (χ3v) is 6.72. The molecule has 0 spiro atoms. The van der Waals surface area contributed by atoms with Gasteiger partial charge in [-0.15, -0.1) is 0 Å². The number of carboxylic acids is 1. The van der Waals surface area contributed by atoms with Crippen LogP contribution in [0.1, 0.15) is 37.7 Å². The first-order valence-electron chi connectivity index (χ1n) is 10.8. The van der Waals surface area contributed by atoms with Crippen LogP contribution in [0.4, 0.5) is 10.3 Å². The molecule has 6 nitrogen and oxygen atoms in total. The van der Waals surface area contributed by atoms with E-state index in [1.807, 2.05) is 0 Å². The minimum absolute atomic E-state index is 0.176. The van der Waals surface area contributed by atoms with Crippen molar-refractivity contribution in [3.8, 4) is 5.75 Å². The van der Waals surface area contributed by atoms with Crippen molar-refractivity contribution in [1.29, 1.82) is 0 Å². The summed E-state index contributed by atoms with van der Waals surface area (Å²) >= 11 is 5.87. The SMILES string of the molecule is O=C(O)Cc1ccc(OCCC2CC(C3CCN(c4ncc(Cl)cn4)CC3)C2)cc1F. The molecular formula is C23H27ClFN3O3. The van der Waals surface area contributed by atoms with Crippen LogP contribution < -0.4 is 9.64 Å². The average molecular weight is 448 g/mol. The van der Waals surface area contributed by atoms with Gasteiger partial charge in [-0.05, 0) is 61.5 Å². The van der Waals surface area contributed by atoms with E-state index in [4.69, 9.17) is 21.4 Å². The molecule has 0 amide bonds. The van der Waals surface area contributed by atoms with Gasteiger partial charge in [0.15, 0.2) is 0 Å². The molecule has 1 aromatic carbocycles. The summed E-state index contributed by atoms with van der Waals surface area (Å²) in [6.07, 6.45) is 8.74. The van der Waals surface area contributed by atoms with Crippen LogP contribution in [0.2, 0.25) is 5.02 Å². The van der Waals surface area contributed by atoms with Gasteiger partial charge in [0.2, 0.25) is 5.95 Å². The van der Waals surface area contributed by atoms with E-state index in [0.717, 1.165) is 37.3 Å². The van der Waals surface area contributed by atoms with Gasteiger partial charge in [0.05, 0.1) is 30.4 Å². The average Bonchev–Trinajstić information content (AvgIpc) is 2.72. The summed E-state index contributed by atoms with van der Waals surface area (Å²) in [5.74, 6) is 1.86. The maximum atomic E-state index is 13.9. The Kier molecular flexibility index (Phi) is 6.90. The molecule has 1 saturated carbocycles. The molecule has 31 heavy (non-hydrogen) atoms. The summed E-state index contributed by atoms with van der Waals surface area (Å²) in [5.41, 5.74) is 0.176. The molecule has 1 N–H and O–H groups in total. The first-order valence-corrected chi connectivity index (χ1v) is 11.2. The number of benzene rings is 1. The van der Waals surface area contributed by atoms with Crippen LogP contribution in [0.5, 0.6) is 5.75 Å². The van der Waals surface area contributed by atoms with Gasteiger partial charge in [0.25, 0.3) is 0 Å². The van der Waals surface area contributed by atoms with Crippen LogP contribution in [-0.4, -0.2) is 40.7 Å². The number of hydrogen-bond acceptors (Lipinski definition) is 5. The van der Waals surface area contributed by atoms with Gasteiger partial charge in [-0.3, -0.25) is 4.79 Å². The van der Waals surface area contributed by atoms with Crippen LogP contribution in [-0.2, 0) is 11.2 Å². The normalized spacial score (nSPS) is 21.5. The molecule has 2 fully saturated rings. The van der Waals surface area contributed by atoms with Crippen LogP contribution in [0, 0.1) is 23.6 Å². The standard InChI is InChI=1S/C23H27ClFN3O3/c24-19-13-26-23(27-14-19)28-6-3-16(4-7-28)18-9-15(10-18)5-8-31-20-2-1-17(11-22(29)30)21(25)12-20/h1-2,12-16,18H,3-11H2,(H,29,30). The molecule has 1 aliphatic heterocycles. The molecule has 0 bridgehead atoms. The molecule has 4 rings (SSSR count). The number of anilines is 1. The van der Waals surface area contributed by atoms with Crippen molar-refractivity contribution in [3.05, 3.63) is 47.0 Å². The van der Waals surface area contributed by atoms with Gasteiger partial charge in [0, 0.05) is 19.2 Å². The predicted molar refractivity (Wildman–Crippen MR) is 116 cm³/mol. The van der Waals surface area contributed by atoms with E-state index in [9.17, 15) is 9.18 Å². The quantitative estimate of drug-likeness (QED) is 0.637. The Bertz CT molecular complexity index is 897. The van der Waals surface area contributed by atoms with E-state index in [1.54, 1.807) is 18.5 Å². The van der Waals surface area contributed by atoms with Crippen molar-refractivity contribution in [2.24, 2.45) is 17.8 Å². The fourth-order valence-electron chi connectivity index (χ4n) is 4.72. The van der Waals surface area contributed by atoms with E-state index in [-0.39, 0.29) is 12.0 Å². The highest BCUT2D eigenvalue weighted by atomic mass is 35.5. The number of ether oxygens (including phenoxy) is 1. The molecule has 166 valence electrons. The van der Waals surface area contributed by atoms with E-state index in [1.165, 1.54) is 37.8 Å². The Morgan fingerprint density at radius 2 is 1.90 bits per heavy atom. The summed E-state index contributed by atoms with van der Waals surface area (Å²) < 4.78 is 19.6. The molecule has 1 aliphatic carbocycles. The van der Waals surface area contributed by atoms with E-state index in [2.05, 4.69) is 14.9 Å². The van der Waals surface area contributed by atoms with E-state index < -0.39 is 11.8 Å². The van der Waals surface area contributed by atoms with Crippen molar-refractivity contribution in [1.82, 2.24) is 9.97 Å². The Labute approximate surface area is 186 Å². The summed E-state index contributed by atoms with van der Waals surface area (Å²) in [7, 11) is 0. The lowest BCUT2D eigenvalue weighted by atomic mass is 9.65. The number of carbonyl (C=O) groups is 1. The predicted octanol–water partition coefficient (Wildman–Crippen LogP) is 4.61. The number of nitrogens with zero attached hydrogens (tertiary/aromatic N) is 3. The highest BCUT2D eigenvalue weighted by molar-refractivity contribution is 6.30. The number of halogens is 2. The molecule has 0 atom stereocenters. The summed E-state index contributed by atoms with van der Waals surface area (Å²) in [6.45, 7) is 2.53. The summed E-state index contributed by atoms with van der Waals surface area (Å²) in [6, 6.07) is 4.41. The topological polar surface area (TPSA) is 75.6 Å². The lowest BCUT2D eigenvalue weighted by Crippen LogP contribution is -2.40. The van der Waals surface area contributed by atoms with E-state index in [0.29, 0.717) is 23.3 Å². The van der Waals surface area contributed by atoms with Crippen molar-refractivity contribution in [2.45, 2.75) is 38.5 Å². The first kappa shape index (κ1) is 21.8. The molecule has 2 heterocycles. The summed E-state index contributed by atoms with van der Waals surface area (Å²) in [5, 5.41) is 9.34. The largest absolute Gasteiger partial charge is 0.493 e. The number of carboxylic acid groups (broad SMARTS) is 1. The second kappa shape index (κ2) is 9.81. The minimum Gasteiger partial charge on any atom is -0.493 e. The van der Waals surface area contributed by atoms with Crippen LogP contribution in [0.3, 0.4) is 0 Å². The molecule has 2 aliphatic rings. The number of aliphatic carboxylic acids is 1. The van der Waals surface area contributed by atoms with Gasteiger partial charge in [-0.2, -0.15) is 0 Å². The number of aromatic nitrogens is 2. The zero-order valence-corrected chi connectivity index (χ0v) is 18.1. The maximum absolute atomic E-state index is 13.9. The monoisotopic (exact) mass is 447 g/mol. The third kappa shape index (κ3) is 5.64. The fraction of sp³-hybridized carbons (Fsp3) is 0.522. The first-order chi connectivity index (χ1) is 15.0. The lowest BCUT2D eigenvalue weighted by Gasteiger charge is -2.44. The third-order valence-electron chi connectivity index (χ3n) is 6.53. The number of rotatable bonds is 8. The van der Waals surface area contributed by atoms with Crippen molar-refractivity contribution in [2.75, 3.05) is 24.6 Å². The zero-order chi connectivity index (χ0) is 21.8. The van der Waals surface area contributed by atoms with Crippen molar-refractivity contribution in [3.63, 3.8) is 0 Å². The number of hydrogen-bond donors (Lipinski definition) is 1. The molecule has 0 radical (unpaired) electrons. The van der Waals surface area contributed by atoms with Gasteiger partial charge in [-0.1, -0.05) is 17.7 Å². The van der Waals surface area contributed by atoms with E-state index >= 15 is 0 Å². The maximum Gasteiger partial charge on any atom is 0.307 e. The van der Waals surface area contributed by atoms with Gasteiger partial charge < -0.3 is 14.7 Å². The van der Waals surface area contributed by atoms with Gasteiger partial charge in [-0.25, -0.2) is 14.4 Å². The molecule has 1 saturated heterocycles. The van der Waals surface area contributed by atoms with Crippen molar-refractivity contribution < 1.29 is 19.0 Å². The fourth-order valence-corrected chi connectivity index (χ4v) is 4.81. The highest BCUT2D eigenvalue weighted by Crippen LogP contribution is 2.44. The Morgan fingerprint density at radius 1 is 1.19 bits per heavy atom. The summed E-state index contributed by atoms with van der Waals surface area (Å²) in [4.78, 5) is 21.6. The Hall–Kier alpha value is -2.41. The second-order valence-corrected chi connectivity index (χ2v) is 9.02. The molecular weight excluding hydrogens is 421 g/mol. The molecule has 1 aromatic heterocycles. The lowest BCUT2D eigenvalue weighted by molar-refractivity contribution is -0.136. The smallest absolute Gasteiger partial charge is 0.307 e. The minimum atomic E-state index is -1.05. The van der Waals surface area contributed by atoms with Crippen LogP contribution >= 0.6 is 11.6 Å².